The van der Waals surface area contributed by atoms with Crippen LogP contribution in [0.15, 0.2) is 60.2 Å². The van der Waals surface area contributed by atoms with Gasteiger partial charge in [-0.25, -0.2) is 9.69 Å². The van der Waals surface area contributed by atoms with Crippen LogP contribution in [-0.4, -0.2) is 44.1 Å². The summed E-state index contributed by atoms with van der Waals surface area (Å²) in [4.78, 5) is 50.2. The molecular formula is C27H22ClN3O9. The third kappa shape index (κ3) is 5.66. The number of barbiturate groups is 1. The number of nitrogens with zero attached hydrogens (tertiary/aromatic N) is 2. The molecule has 0 radical (unpaired) electrons. The highest BCUT2D eigenvalue weighted by atomic mass is 35.5. The summed E-state index contributed by atoms with van der Waals surface area (Å²) in [6.07, 6.45) is 1.28. The van der Waals surface area contributed by atoms with Crippen molar-refractivity contribution < 1.29 is 38.3 Å². The Labute approximate surface area is 232 Å². The number of nitro benzene ring substituents is 1. The molecule has 1 aliphatic rings. The smallest absolute Gasteiger partial charge is 0.336 e. The molecule has 3 aromatic carbocycles. The zero-order chi connectivity index (χ0) is 29.0. The summed E-state index contributed by atoms with van der Waals surface area (Å²) in [5.41, 5.74) is 0.552. The van der Waals surface area contributed by atoms with Crippen LogP contribution in [-0.2, 0) is 16.2 Å². The van der Waals surface area contributed by atoms with Crippen LogP contribution in [0.3, 0.4) is 0 Å². The van der Waals surface area contributed by atoms with Crippen LogP contribution in [0.5, 0.6) is 23.0 Å². The van der Waals surface area contributed by atoms with E-state index in [-0.39, 0.29) is 45.8 Å². The monoisotopic (exact) mass is 567 g/mol. The maximum absolute atomic E-state index is 13.5. The highest BCUT2D eigenvalue weighted by Gasteiger charge is 2.39. The molecule has 40 heavy (non-hydrogen) atoms. The van der Waals surface area contributed by atoms with Crippen LogP contribution < -0.4 is 29.2 Å². The Morgan fingerprint density at radius 1 is 0.925 bits per heavy atom. The first-order chi connectivity index (χ1) is 19.2. The first-order valence-corrected chi connectivity index (χ1v) is 11.9. The Morgan fingerprint density at radius 3 is 2.25 bits per heavy atom. The zero-order valence-electron chi connectivity index (χ0n) is 21.4. The summed E-state index contributed by atoms with van der Waals surface area (Å²) in [5.74, 6) is -0.871. The summed E-state index contributed by atoms with van der Waals surface area (Å²) in [6.45, 7) is 0.0217. The van der Waals surface area contributed by atoms with Crippen molar-refractivity contribution in [3.63, 3.8) is 0 Å². The molecule has 0 aromatic heterocycles. The van der Waals surface area contributed by atoms with E-state index in [0.29, 0.717) is 16.9 Å². The minimum absolute atomic E-state index is 0.00836. The summed E-state index contributed by atoms with van der Waals surface area (Å²) >= 11 is 6.16. The first-order valence-electron chi connectivity index (χ1n) is 11.5. The van der Waals surface area contributed by atoms with Crippen LogP contribution in [0.1, 0.15) is 11.1 Å². The molecule has 0 spiro atoms. The number of carbonyl (C=O) groups excluding carboxylic acids is 3. The van der Waals surface area contributed by atoms with Gasteiger partial charge in [0.15, 0.2) is 0 Å². The van der Waals surface area contributed by atoms with Crippen molar-refractivity contribution in [1.82, 2.24) is 5.32 Å². The molecule has 1 fully saturated rings. The second-order valence-corrected chi connectivity index (χ2v) is 8.64. The highest BCUT2D eigenvalue weighted by molar-refractivity contribution is 6.39. The van der Waals surface area contributed by atoms with E-state index in [1.807, 2.05) is 0 Å². The van der Waals surface area contributed by atoms with Gasteiger partial charge in [-0.05, 0) is 35.9 Å². The van der Waals surface area contributed by atoms with Gasteiger partial charge in [-0.1, -0.05) is 11.6 Å². The number of halogens is 1. The topological polar surface area (TPSA) is 147 Å². The first kappa shape index (κ1) is 27.9. The molecule has 0 unspecified atom stereocenters. The predicted molar refractivity (Wildman–Crippen MR) is 144 cm³/mol. The van der Waals surface area contributed by atoms with Gasteiger partial charge in [-0.2, -0.15) is 0 Å². The number of nitrogens with one attached hydrogen (secondary N) is 1. The normalized spacial score (nSPS) is 14.2. The van der Waals surface area contributed by atoms with E-state index in [9.17, 15) is 24.5 Å². The molecular weight excluding hydrogens is 546 g/mol. The largest absolute Gasteiger partial charge is 0.497 e. The Hall–Kier alpha value is -5.10. The van der Waals surface area contributed by atoms with Gasteiger partial charge in [-0.3, -0.25) is 25.0 Å². The minimum Gasteiger partial charge on any atom is -0.497 e. The standard InChI is InChI=1S/C27H22ClN3O9/c1-37-18-9-6-16(22(11-18)40-14-15-4-7-17(8-5-15)31(35)36)10-19-25(32)29-27(34)30(26(19)33)21-13-23(38-2)20(28)12-24(21)39-3/h4-13H,14H2,1-3H3,(H,29,32,34)/b19-10+. The number of benzene rings is 3. The number of non-ortho nitro benzene ring substituents is 1. The lowest BCUT2D eigenvalue weighted by atomic mass is 10.1. The molecule has 0 aliphatic carbocycles. The van der Waals surface area contributed by atoms with Crippen LogP contribution >= 0.6 is 11.6 Å². The Balaban J connectivity index is 1.70. The summed E-state index contributed by atoms with van der Waals surface area (Å²) in [6, 6.07) is 12.3. The number of imide groups is 2. The fraction of sp³-hybridized carbons (Fsp3) is 0.148. The summed E-state index contributed by atoms with van der Waals surface area (Å²) in [5, 5.41) is 13.3. The minimum atomic E-state index is -0.987. The number of nitro groups is 1. The van der Waals surface area contributed by atoms with Crippen molar-refractivity contribution in [2.45, 2.75) is 6.61 Å². The maximum Gasteiger partial charge on any atom is 0.336 e. The van der Waals surface area contributed by atoms with E-state index in [2.05, 4.69) is 5.32 Å². The van der Waals surface area contributed by atoms with Gasteiger partial charge in [-0.15, -0.1) is 0 Å². The number of carbonyl (C=O) groups is 3. The van der Waals surface area contributed by atoms with Gasteiger partial charge in [0, 0.05) is 35.9 Å². The molecule has 0 atom stereocenters. The van der Waals surface area contributed by atoms with E-state index in [1.165, 1.54) is 51.7 Å². The van der Waals surface area contributed by atoms with Crippen molar-refractivity contribution in [2.24, 2.45) is 0 Å². The van der Waals surface area contributed by atoms with E-state index < -0.39 is 22.8 Å². The number of rotatable bonds is 9. The molecule has 1 saturated heterocycles. The number of ether oxygens (including phenoxy) is 4. The Morgan fingerprint density at radius 2 is 1.62 bits per heavy atom. The molecule has 4 amide bonds. The number of methoxy groups -OCH3 is 3. The molecule has 12 nitrogen and oxygen atoms in total. The van der Waals surface area contributed by atoms with Crippen LogP contribution in [0.2, 0.25) is 5.02 Å². The van der Waals surface area contributed by atoms with Crippen LogP contribution in [0, 0.1) is 10.1 Å². The molecule has 0 bridgehead atoms. The molecule has 13 heteroatoms. The number of hydrogen-bond acceptors (Lipinski definition) is 9. The number of urea groups is 1. The van der Waals surface area contributed by atoms with E-state index in [1.54, 1.807) is 30.3 Å². The van der Waals surface area contributed by atoms with Gasteiger partial charge in [0.2, 0.25) is 0 Å². The van der Waals surface area contributed by atoms with Gasteiger partial charge < -0.3 is 18.9 Å². The lowest BCUT2D eigenvalue weighted by molar-refractivity contribution is -0.384. The van der Waals surface area contributed by atoms with E-state index >= 15 is 0 Å². The quantitative estimate of drug-likeness (QED) is 0.170. The van der Waals surface area contributed by atoms with Crippen molar-refractivity contribution in [2.75, 3.05) is 26.2 Å². The molecule has 0 saturated carbocycles. The average molecular weight is 568 g/mol. The zero-order valence-corrected chi connectivity index (χ0v) is 22.2. The molecule has 206 valence electrons. The lowest BCUT2D eigenvalue weighted by Crippen LogP contribution is -2.54. The Bertz CT molecular complexity index is 1540. The molecule has 1 aliphatic heterocycles. The summed E-state index contributed by atoms with van der Waals surface area (Å²) in [7, 11) is 4.16. The third-order valence-corrected chi connectivity index (χ3v) is 6.15. The average Bonchev–Trinajstić information content (AvgIpc) is 2.94. The fourth-order valence-corrected chi connectivity index (χ4v) is 4.04. The number of anilines is 1. The molecule has 3 aromatic rings. The van der Waals surface area contributed by atoms with Crippen LogP contribution in [0.4, 0.5) is 16.2 Å². The molecule has 1 heterocycles. The van der Waals surface area contributed by atoms with Gasteiger partial charge >= 0.3 is 6.03 Å². The highest BCUT2D eigenvalue weighted by Crippen LogP contribution is 2.39. The molecule has 4 rings (SSSR count). The van der Waals surface area contributed by atoms with Gasteiger partial charge in [0.05, 0.1) is 37.0 Å². The van der Waals surface area contributed by atoms with E-state index in [0.717, 1.165) is 4.90 Å². The summed E-state index contributed by atoms with van der Waals surface area (Å²) < 4.78 is 21.7. The third-order valence-electron chi connectivity index (χ3n) is 5.86. The lowest BCUT2D eigenvalue weighted by Gasteiger charge is -2.28. The second kappa shape index (κ2) is 11.7. The predicted octanol–water partition coefficient (Wildman–Crippen LogP) is 4.52. The van der Waals surface area contributed by atoms with Gasteiger partial charge in [0.1, 0.15) is 35.2 Å². The fourth-order valence-electron chi connectivity index (χ4n) is 3.81. The number of amides is 4. The van der Waals surface area contributed by atoms with Crippen molar-refractivity contribution in [1.29, 1.82) is 0 Å². The van der Waals surface area contributed by atoms with Crippen molar-refractivity contribution in [3.8, 4) is 23.0 Å². The van der Waals surface area contributed by atoms with Crippen molar-refractivity contribution in [3.05, 3.63) is 86.4 Å². The van der Waals surface area contributed by atoms with Crippen molar-refractivity contribution >= 4 is 46.9 Å². The SMILES string of the molecule is COc1ccc(/C=C2\C(=O)NC(=O)N(c3cc(OC)c(Cl)cc3OC)C2=O)c(OCc2ccc([N+](=O)[O-])cc2)c1. The maximum atomic E-state index is 13.5. The number of hydrogen-bond donors (Lipinski definition) is 1. The van der Waals surface area contributed by atoms with E-state index in [4.69, 9.17) is 30.5 Å². The second-order valence-electron chi connectivity index (χ2n) is 8.23. The Kier molecular flexibility index (Phi) is 8.20. The molecule has 1 N–H and O–H groups in total. The van der Waals surface area contributed by atoms with Gasteiger partial charge in [0.25, 0.3) is 17.5 Å². The van der Waals surface area contributed by atoms with Crippen LogP contribution in [0.25, 0.3) is 6.08 Å².